The topological polar surface area (TPSA) is 26.0 Å². The van der Waals surface area contributed by atoms with Crippen molar-refractivity contribution in [3.63, 3.8) is 0 Å². The first-order valence-electron chi connectivity index (χ1n) is 4.06. The number of hydrogen-bond donors (Lipinski definition) is 1. The van der Waals surface area contributed by atoms with Crippen LogP contribution >= 0.6 is 43.2 Å². The van der Waals surface area contributed by atoms with E-state index in [2.05, 4.69) is 31.9 Å². The van der Waals surface area contributed by atoms with Gasteiger partial charge in [0.25, 0.3) is 0 Å². The Bertz CT molecular complexity index is 318. The van der Waals surface area contributed by atoms with Crippen LogP contribution in [-0.4, -0.2) is 6.18 Å². The van der Waals surface area contributed by atoms with Crippen LogP contribution in [0.5, 0.6) is 0 Å². The molecule has 1 heterocycles. The van der Waals surface area contributed by atoms with Gasteiger partial charge >= 0.3 is 6.18 Å². The summed E-state index contributed by atoms with van der Waals surface area (Å²) in [6, 6.07) is 1.19. The van der Waals surface area contributed by atoms with Crippen molar-refractivity contribution in [2.24, 2.45) is 5.73 Å². The van der Waals surface area contributed by atoms with Gasteiger partial charge < -0.3 is 5.73 Å². The number of thiophene rings is 1. The molecule has 2 N–H and O–H groups in total. The average Bonchev–Trinajstić information content (AvgIpc) is 2.42. The molecular weight excluding hydrogens is 359 g/mol. The maximum atomic E-state index is 11.9. The molecule has 0 radical (unpaired) electrons. The van der Waals surface area contributed by atoms with Crippen LogP contribution in [0, 0.1) is 0 Å². The highest BCUT2D eigenvalue weighted by Gasteiger charge is 2.28. The van der Waals surface area contributed by atoms with Gasteiger partial charge in [0, 0.05) is 21.8 Å². The van der Waals surface area contributed by atoms with Crippen molar-refractivity contribution in [1.82, 2.24) is 0 Å². The summed E-state index contributed by atoms with van der Waals surface area (Å²) in [5.74, 6) is 0. The third kappa shape index (κ3) is 4.42. The van der Waals surface area contributed by atoms with Gasteiger partial charge in [-0.05, 0) is 44.3 Å². The van der Waals surface area contributed by atoms with E-state index < -0.39 is 18.6 Å². The molecule has 0 aromatic carbocycles. The second-order valence-corrected chi connectivity index (χ2v) is 6.29. The van der Waals surface area contributed by atoms with Gasteiger partial charge in [-0.25, -0.2) is 0 Å². The van der Waals surface area contributed by atoms with Gasteiger partial charge in [0.15, 0.2) is 0 Å². The summed E-state index contributed by atoms with van der Waals surface area (Å²) in [4.78, 5) is 0.748. The molecule has 0 aliphatic rings. The number of rotatable bonds is 3. The third-order valence-electron chi connectivity index (χ3n) is 1.77. The zero-order valence-electron chi connectivity index (χ0n) is 7.44. The lowest BCUT2D eigenvalue weighted by Crippen LogP contribution is -2.14. The fourth-order valence-electron chi connectivity index (χ4n) is 1.01. The van der Waals surface area contributed by atoms with Crippen LogP contribution in [0.1, 0.15) is 23.8 Å². The highest BCUT2D eigenvalue weighted by molar-refractivity contribution is 9.13. The number of nitrogens with two attached hydrogens (primary N) is 1. The van der Waals surface area contributed by atoms with Gasteiger partial charge in [-0.15, -0.1) is 11.3 Å². The first-order chi connectivity index (χ1) is 6.79. The first kappa shape index (κ1) is 13.5. The number of hydrogen-bond acceptors (Lipinski definition) is 2. The van der Waals surface area contributed by atoms with E-state index in [4.69, 9.17) is 5.73 Å². The predicted molar refractivity (Wildman–Crippen MR) is 61.9 cm³/mol. The van der Waals surface area contributed by atoms with Crippen molar-refractivity contribution in [2.75, 3.05) is 0 Å². The Morgan fingerprint density at radius 2 is 2.00 bits per heavy atom. The third-order valence-corrected chi connectivity index (χ3v) is 5.16. The molecule has 0 fully saturated rings. The van der Waals surface area contributed by atoms with E-state index in [1.165, 1.54) is 11.3 Å². The molecule has 86 valence electrons. The van der Waals surface area contributed by atoms with Crippen molar-refractivity contribution in [3.8, 4) is 0 Å². The Hall–Kier alpha value is 0.410. The summed E-state index contributed by atoms with van der Waals surface area (Å²) in [5, 5.41) is 0. The zero-order valence-corrected chi connectivity index (χ0v) is 11.4. The van der Waals surface area contributed by atoms with Crippen LogP contribution in [-0.2, 0) is 0 Å². The van der Waals surface area contributed by atoms with Gasteiger partial charge in [-0.2, -0.15) is 13.2 Å². The lowest BCUT2D eigenvalue weighted by molar-refractivity contribution is -0.136. The summed E-state index contributed by atoms with van der Waals surface area (Å²) in [5.41, 5.74) is 5.65. The van der Waals surface area contributed by atoms with E-state index in [0.717, 1.165) is 13.1 Å². The highest BCUT2D eigenvalue weighted by atomic mass is 79.9. The summed E-state index contributed by atoms with van der Waals surface area (Å²) in [6.07, 6.45) is -5.06. The van der Waals surface area contributed by atoms with Crippen LogP contribution in [0.3, 0.4) is 0 Å². The Kier molecular flexibility index (Phi) is 4.64. The van der Waals surface area contributed by atoms with Crippen LogP contribution < -0.4 is 5.73 Å². The van der Waals surface area contributed by atoms with Crippen molar-refractivity contribution in [2.45, 2.75) is 25.1 Å². The number of halogens is 5. The van der Waals surface area contributed by atoms with E-state index in [-0.39, 0.29) is 6.42 Å². The summed E-state index contributed by atoms with van der Waals surface area (Å²) in [6.45, 7) is 0. The molecule has 1 atom stereocenters. The minimum Gasteiger partial charge on any atom is -0.323 e. The minimum atomic E-state index is -4.14. The normalized spacial score (nSPS) is 14.3. The molecule has 1 rings (SSSR count). The molecule has 1 aromatic heterocycles. The van der Waals surface area contributed by atoms with Gasteiger partial charge in [0.2, 0.25) is 0 Å². The van der Waals surface area contributed by atoms with E-state index >= 15 is 0 Å². The molecule has 0 bridgehead atoms. The molecule has 0 amide bonds. The van der Waals surface area contributed by atoms with Crippen LogP contribution in [0.4, 0.5) is 13.2 Å². The molecule has 0 saturated carbocycles. The Labute approximate surface area is 106 Å². The van der Waals surface area contributed by atoms with Crippen molar-refractivity contribution >= 4 is 43.2 Å². The van der Waals surface area contributed by atoms with Gasteiger partial charge in [-0.1, -0.05) is 0 Å². The largest absolute Gasteiger partial charge is 0.389 e. The molecular formula is C8H8Br2F3NS. The van der Waals surface area contributed by atoms with E-state index in [1.807, 2.05) is 0 Å². The van der Waals surface area contributed by atoms with Gasteiger partial charge in [-0.3, -0.25) is 0 Å². The van der Waals surface area contributed by atoms with Crippen LogP contribution in [0.2, 0.25) is 0 Å². The quantitative estimate of drug-likeness (QED) is 0.830. The molecule has 7 heteroatoms. The van der Waals surface area contributed by atoms with E-state index in [9.17, 15) is 13.2 Å². The Morgan fingerprint density at radius 3 is 2.40 bits per heavy atom. The highest BCUT2D eigenvalue weighted by Crippen LogP contribution is 2.37. The molecule has 0 spiro atoms. The summed E-state index contributed by atoms with van der Waals surface area (Å²) in [7, 11) is 0. The molecule has 0 aliphatic carbocycles. The number of alkyl halides is 3. The fourth-order valence-corrected chi connectivity index (χ4v) is 3.13. The minimum absolute atomic E-state index is 0.0805. The molecule has 15 heavy (non-hydrogen) atoms. The predicted octanol–water partition coefficient (Wildman–Crippen LogP) is 4.62. The lowest BCUT2D eigenvalue weighted by Gasteiger charge is -2.11. The second kappa shape index (κ2) is 5.16. The average molecular weight is 367 g/mol. The maximum absolute atomic E-state index is 11.9. The lowest BCUT2D eigenvalue weighted by atomic mass is 10.1. The smallest absolute Gasteiger partial charge is 0.323 e. The van der Waals surface area contributed by atoms with Crippen molar-refractivity contribution in [3.05, 3.63) is 19.2 Å². The summed E-state index contributed by atoms with van der Waals surface area (Å²) >= 11 is 7.88. The van der Waals surface area contributed by atoms with Gasteiger partial charge in [0.05, 0.1) is 3.79 Å². The molecule has 1 aromatic rings. The molecule has 0 saturated heterocycles. The monoisotopic (exact) mass is 365 g/mol. The van der Waals surface area contributed by atoms with Crippen molar-refractivity contribution in [1.29, 1.82) is 0 Å². The van der Waals surface area contributed by atoms with Crippen LogP contribution in [0.25, 0.3) is 0 Å². The summed E-state index contributed by atoms with van der Waals surface area (Å²) < 4.78 is 37.5. The maximum Gasteiger partial charge on any atom is 0.389 e. The standard InChI is InChI=1S/C8H8Br2F3NS/c9-4-3-6(15-7(4)10)5(14)1-2-8(11,12)13/h3,5H,1-2,14H2/t5-/m1/s1. The molecule has 0 aliphatic heterocycles. The molecule has 0 unspecified atom stereocenters. The van der Waals surface area contributed by atoms with Gasteiger partial charge in [0.1, 0.15) is 0 Å². The first-order valence-corrected chi connectivity index (χ1v) is 6.47. The SMILES string of the molecule is N[C@H](CCC(F)(F)F)c1cc(Br)c(Br)s1. The fraction of sp³-hybridized carbons (Fsp3) is 0.500. The van der Waals surface area contributed by atoms with E-state index in [1.54, 1.807) is 6.07 Å². The zero-order chi connectivity index (χ0) is 11.6. The Balaban J connectivity index is 2.58. The second-order valence-electron chi connectivity index (χ2n) is 3.03. The van der Waals surface area contributed by atoms with E-state index in [0.29, 0.717) is 0 Å². The Morgan fingerprint density at radius 1 is 1.40 bits per heavy atom. The van der Waals surface area contributed by atoms with Crippen molar-refractivity contribution < 1.29 is 13.2 Å². The molecule has 1 nitrogen and oxygen atoms in total. The van der Waals surface area contributed by atoms with Crippen LogP contribution in [0.15, 0.2) is 14.3 Å².